The minimum absolute atomic E-state index is 0.0362. The van der Waals surface area contributed by atoms with Crippen molar-refractivity contribution in [1.82, 2.24) is 49.8 Å². The first kappa shape index (κ1) is 89.1. The largest absolute Gasteiger partial charge is 0.461 e. The van der Waals surface area contributed by atoms with Crippen LogP contribution in [0.1, 0.15) is 233 Å². The van der Waals surface area contributed by atoms with Crippen molar-refractivity contribution in [3.63, 3.8) is 0 Å². The Labute approximate surface area is 688 Å². The van der Waals surface area contributed by atoms with Crippen LogP contribution in [0.25, 0.3) is 55.5 Å². The van der Waals surface area contributed by atoms with Crippen LogP contribution in [-0.2, 0) is 67.6 Å². The van der Waals surface area contributed by atoms with Crippen molar-refractivity contribution in [2.24, 2.45) is 17.8 Å². The van der Waals surface area contributed by atoms with Gasteiger partial charge in [0.2, 0.25) is 28.6 Å². The van der Waals surface area contributed by atoms with Gasteiger partial charge in [0.05, 0.1) is 26.4 Å². The summed E-state index contributed by atoms with van der Waals surface area (Å²) in [6.07, 6.45) is 22.1. The molecule has 10 aromatic heterocycles. The van der Waals surface area contributed by atoms with Crippen molar-refractivity contribution >= 4 is 55.5 Å². The number of hydrogen-bond donors (Lipinski definition) is 5. The van der Waals surface area contributed by atoms with Gasteiger partial charge in [0.1, 0.15) is 56.6 Å². The second-order valence-corrected chi connectivity index (χ2v) is 30.9. The Morgan fingerprint density at radius 3 is 1.05 bits per heavy atom. The average molecular weight is 1650 g/mol. The van der Waals surface area contributed by atoms with Crippen molar-refractivity contribution in [2.45, 2.75) is 247 Å². The van der Waals surface area contributed by atoms with E-state index in [4.69, 9.17) is 41.0 Å². The second kappa shape index (κ2) is 43.9. The molecule has 120 heavy (non-hydrogen) atoms. The Bertz CT molecular complexity index is 5870. The van der Waals surface area contributed by atoms with E-state index in [1.54, 1.807) is 0 Å². The van der Waals surface area contributed by atoms with Crippen molar-refractivity contribution in [3.8, 4) is 12.0 Å². The van der Waals surface area contributed by atoms with E-state index in [0.29, 0.717) is 127 Å². The Balaban J connectivity index is 0.000000149. The SMILES string of the molecule is CCCCCCc1cc(=O)oc2nc(C(C)F)[nH]c(=O)c12.CCCCCCc1cc(=O)oc2nc(CC)[nH]c(=O)c12.CCCCc1cc(=O)oc2nc(OC3CC(COCc4ccccc4)C3)[nH]c(=O)c12.CCCCc1cc(=O)oc2nc(OC3CC(COCc4ccccc4)C3)[nH]c(=O)c12.CCc1nc2oc(=O)cc(CCC3CC3)c2c(=O)[nH]1. The highest BCUT2D eigenvalue weighted by Crippen LogP contribution is 2.35. The number of nitrogens with zero attached hydrogens (tertiary/aromatic N) is 5. The summed E-state index contributed by atoms with van der Waals surface area (Å²) < 4.78 is 61.9. The maximum atomic E-state index is 13.3. The Morgan fingerprint density at radius 1 is 0.383 bits per heavy atom. The normalized spacial score (nSPS) is 15.6. The number of rotatable bonds is 34. The van der Waals surface area contributed by atoms with Gasteiger partial charge in [-0.2, -0.15) is 24.9 Å². The van der Waals surface area contributed by atoms with Crippen LogP contribution < -0.4 is 65.4 Å². The number of hydrogen-bond acceptors (Lipinski definition) is 24. The lowest BCUT2D eigenvalue weighted by atomic mass is 9.83. The zero-order valence-corrected chi connectivity index (χ0v) is 69.2. The molecule has 0 bridgehead atoms. The van der Waals surface area contributed by atoms with Crippen LogP contribution in [-0.4, -0.2) is 75.3 Å². The summed E-state index contributed by atoms with van der Waals surface area (Å²) in [4.78, 5) is 154. The zero-order valence-electron chi connectivity index (χ0n) is 69.2. The van der Waals surface area contributed by atoms with Crippen LogP contribution in [0.4, 0.5) is 4.39 Å². The van der Waals surface area contributed by atoms with Crippen molar-refractivity contribution < 1.29 is 45.4 Å². The van der Waals surface area contributed by atoms with E-state index in [0.717, 1.165) is 144 Å². The van der Waals surface area contributed by atoms with E-state index in [2.05, 4.69) is 77.5 Å². The molecule has 0 radical (unpaired) electrons. The topological polar surface area (TPSA) is 417 Å². The number of H-pyrrole nitrogens is 5. The van der Waals surface area contributed by atoms with E-state index < -0.39 is 39.9 Å². The molecule has 3 fully saturated rings. The Morgan fingerprint density at radius 2 is 0.708 bits per heavy atom. The number of halogens is 1. The molecule has 3 saturated carbocycles. The highest BCUT2D eigenvalue weighted by molar-refractivity contribution is 5.79. The first-order valence-corrected chi connectivity index (χ1v) is 42.1. The minimum atomic E-state index is -1.43. The molecule has 638 valence electrons. The standard InChI is InChI=1S/2C23H26N2O5.C15H19FN2O3.C15H20N2O3.C14H16N2O3/c2*1-2-3-9-17-12-19(26)30-22-20(17)21(27)24-23(25-22)29-18-10-16(11-18)14-28-13-15-7-5-4-6-8-15;1-3-4-5-6-7-10-8-11(19)21-15-12(10)14(20)17-13(18-15)9(2)16;1-3-5-6-7-8-10-9-12(18)20-15-13(10)14(19)16-11(4-2)17-15;1-2-10-15-13(18)12-9(6-5-8-3-4-8)7-11(17)19-14(12)16-10/h2*4-8,12,16,18H,2-3,9-11,13-14H2,1H3,(H,24,25,27);8-9H,3-7H2,1-2H3,(H,17,18,20);9H,3-8H2,1-2H3,(H,16,17,19);7-8H,2-6H2,1H3,(H,15,16,18). The quantitative estimate of drug-likeness (QED) is 0.0234. The first-order chi connectivity index (χ1) is 58.1. The molecule has 3 aliphatic rings. The third kappa shape index (κ3) is 25.2. The average Bonchev–Trinajstić information content (AvgIpc) is 0.874. The van der Waals surface area contributed by atoms with E-state index in [1.165, 1.54) is 50.1 Å². The molecular formula is C90H107FN10O19. The number of fused-ring (bicyclic) bond motifs is 5. The number of unbranched alkanes of at least 4 members (excludes halogenated alkanes) is 8. The number of aryl methyl sites for hydroxylation is 7. The number of benzene rings is 2. The van der Waals surface area contributed by atoms with Gasteiger partial charge in [0, 0.05) is 43.2 Å². The van der Waals surface area contributed by atoms with E-state index in [9.17, 15) is 52.3 Å². The third-order valence-electron chi connectivity index (χ3n) is 21.2. The van der Waals surface area contributed by atoms with Gasteiger partial charge in [-0.3, -0.25) is 33.9 Å². The lowest BCUT2D eigenvalue weighted by Gasteiger charge is -2.34. The second-order valence-electron chi connectivity index (χ2n) is 30.9. The summed E-state index contributed by atoms with van der Waals surface area (Å²) in [6, 6.07) is 27.2. The van der Waals surface area contributed by atoms with Gasteiger partial charge >= 0.3 is 28.1 Å². The number of alkyl halides is 1. The summed E-state index contributed by atoms with van der Waals surface area (Å²) in [5.41, 5.74) is 2.05. The van der Waals surface area contributed by atoms with Crippen molar-refractivity contribution in [3.05, 3.63) is 251 Å². The van der Waals surface area contributed by atoms with Gasteiger partial charge < -0.3 is 56.0 Å². The van der Waals surface area contributed by atoms with Gasteiger partial charge in [0.25, 0.3) is 39.8 Å². The molecule has 30 heteroatoms. The highest BCUT2D eigenvalue weighted by Gasteiger charge is 2.34. The molecule has 2 aromatic carbocycles. The number of ether oxygens (including phenoxy) is 4. The molecule has 0 spiro atoms. The van der Waals surface area contributed by atoms with Crippen LogP contribution >= 0.6 is 0 Å². The van der Waals surface area contributed by atoms with Crippen LogP contribution in [0.2, 0.25) is 0 Å². The van der Waals surface area contributed by atoms with Gasteiger partial charge in [-0.05, 0) is 154 Å². The smallest absolute Gasteiger partial charge is 0.337 e. The summed E-state index contributed by atoms with van der Waals surface area (Å²) in [6.45, 7) is 15.9. The molecular weight excluding hydrogens is 1540 g/mol. The molecule has 1 unspecified atom stereocenters. The van der Waals surface area contributed by atoms with Crippen LogP contribution in [0.3, 0.4) is 0 Å². The van der Waals surface area contributed by atoms with Crippen molar-refractivity contribution in [1.29, 1.82) is 0 Å². The Hall–Kier alpha value is -11.7. The molecule has 3 aliphatic carbocycles. The molecule has 0 saturated heterocycles. The first-order valence-electron chi connectivity index (χ1n) is 42.1. The van der Waals surface area contributed by atoms with Gasteiger partial charge in [-0.25, -0.2) is 28.4 Å². The number of aromatic amines is 5. The molecule has 12 aromatic rings. The lowest BCUT2D eigenvalue weighted by Crippen LogP contribution is -2.37. The van der Waals surface area contributed by atoms with Crippen LogP contribution in [0.5, 0.6) is 12.0 Å². The fraction of sp³-hybridized carbons (Fsp3) is 0.478. The molecule has 15 rings (SSSR count). The van der Waals surface area contributed by atoms with Crippen molar-refractivity contribution in [2.75, 3.05) is 13.2 Å². The maximum absolute atomic E-state index is 13.3. The number of nitrogens with one attached hydrogen (secondary N) is 5. The lowest BCUT2D eigenvalue weighted by molar-refractivity contribution is -0.00622. The number of aromatic nitrogens is 10. The van der Waals surface area contributed by atoms with Crippen LogP contribution in [0.15, 0.2) is 161 Å². The highest BCUT2D eigenvalue weighted by atomic mass is 19.1. The Kier molecular flexibility index (Phi) is 32.6. The predicted octanol–water partition coefficient (Wildman–Crippen LogP) is 14.6. The molecule has 0 amide bonds. The van der Waals surface area contributed by atoms with Gasteiger partial charge in [-0.1, -0.05) is 166 Å². The summed E-state index contributed by atoms with van der Waals surface area (Å²) >= 11 is 0. The fourth-order valence-electron chi connectivity index (χ4n) is 14.4. The van der Waals surface area contributed by atoms with E-state index in [-0.39, 0.29) is 86.2 Å². The molecule has 29 nitrogen and oxygen atoms in total. The van der Waals surface area contributed by atoms with E-state index >= 15 is 0 Å². The summed E-state index contributed by atoms with van der Waals surface area (Å²) in [5.74, 6) is 2.55. The molecule has 5 N–H and O–H groups in total. The fourth-order valence-corrected chi connectivity index (χ4v) is 14.4. The summed E-state index contributed by atoms with van der Waals surface area (Å²) in [7, 11) is 0. The molecule has 10 heterocycles. The summed E-state index contributed by atoms with van der Waals surface area (Å²) in [5, 5.41) is 1.75. The van der Waals surface area contributed by atoms with Crippen LogP contribution in [0, 0.1) is 17.8 Å². The van der Waals surface area contributed by atoms with E-state index in [1.807, 2.05) is 74.5 Å². The third-order valence-corrected chi connectivity index (χ3v) is 21.2. The predicted molar refractivity (Wildman–Crippen MR) is 453 cm³/mol. The molecule has 1 atom stereocenters. The minimum Gasteiger partial charge on any atom is -0.461 e. The maximum Gasteiger partial charge on any atom is 0.337 e. The monoisotopic (exact) mass is 1650 g/mol. The zero-order chi connectivity index (χ0) is 85.2. The molecule has 0 aliphatic heterocycles. The van der Waals surface area contributed by atoms with Gasteiger partial charge in [-0.15, -0.1) is 0 Å². The van der Waals surface area contributed by atoms with Gasteiger partial charge in [0.15, 0.2) is 6.17 Å².